The summed E-state index contributed by atoms with van der Waals surface area (Å²) in [5.74, 6) is -0.673. The van der Waals surface area contributed by atoms with E-state index in [0.717, 1.165) is 0 Å². The molecule has 1 aromatic heterocycles. The average Bonchev–Trinajstić information content (AvgIpc) is 2.28. The third-order valence-electron chi connectivity index (χ3n) is 2.15. The number of benzene rings is 1. The summed E-state index contributed by atoms with van der Waals surface area (Å²) >= 11 is 0. The molecule has 0 fully saturated rings. The molecular formula is C11H9FN2O2. The van der Waals surface area contributed by atoms with Crippen molar-refractivity contribution in [1.29, 1.82) is 0 Å². The van der Waals surface area contributed by atoms with Crippen molar-refractivity contribution in [3.05, 3.63) is 29.8 Å². The minimum atomic E-state index is -0.499. The molecule has 0 aliphatic rings. The van der Waals surface area contributed by atoms with Gasteiger partial charge in [-0.2, -0.15) is 4.98 Å². The first-order valence-corrected chi connectivity index (χ1v) is 4.64. The second-order valence-electron chi connectivity index (χ2n) is 3.25. The van der Waals surface area contributed by atoms with Crippen LogP contribution in [0.25, 0.3) is 10.9 Å². The third-order valence-corrected chi connectivity index (χ3v) is 2.15. The number of carbonyl (C=O) groups is 1. The number of halogens is 1. The maximum Gasteiger partial charge on any atom is 0.224 e. The van der Waals surface area contributed by atoms with Crippen molar-refractivity contribution >= 4 is 16.7 Å². The highest BCUT2D eigenvalue weighted by molar-refractivity contribution is 5.94. The fraction of sp³-hybridized carbons (Fsp3) is 0.182. The standard InChI is InChI=1S/C11H9FN2O2/c1-6(15)10-13-9-7(11(14-10)16-2)4-3-5-8(9)12/h3-5H,1-2H3. The summed E-state index contributed by atoms with van der Waals surface area (Å²) in [6, 6.07) is 4.46. The lowest BCUT2D eigenvalue weighted by Gasteiger charge is -2.05. The molecule has 82 valence electrons. The highest BCUT2D eigenvalue weighted by Gasteiger charge is 2.13. The van der Waals surface area contributed by atoms with E-state index in [1.54, 1.807) is 6.07 Å². The molecule has 1 heterocycles. The Kier molecular flexibility index (Phi) is 2.52. The fourth-order valence-electron chi connectivity index (χ4n) is 1.40. The molecule has 0 N–H and O–H groups in total. The van der Waals surface area contributed by atoms with Gasteiger partial charge in [-0.15, -0.1) is 0 Å². The maximum absolute atomic E-state index is 13.5. The lowest BCUT2D eigenvalue weighted by Crippen LogP contribution is -2.04. The van der Waals surface area contributed by atoms with E-state index in [1.807, 2.05) is 0 Å². The number of hydrogen-bond donors (Lipinski definition) is 0. The first kappa shape index (κ1) is 10.5. The van der Waals surface area contributed by atoms with Crippen molar-refractivity contribution in [2.45, 2.75) is 6.92 Å². The van der Waals surface area contributed by atoms with E-state index >= 15 is 0 Å². The Hall–Kier alpha value is -2.04. The van der Waals surface area contributed by atoms with Gasteiger partial charge in [-0.3, -0.25) is 4.79 Å². The van der Waals surface area contributed by atoms with Gasteiger partial charge in [0, 0.05) is 6.92 Å². The Balaban J connectivity index is 2.84. The molecule has 1 aromatic carbocycles. The Morgan fingerprint density at radius 1 is 1.38 bits per heavy atom. The van der Waals surface area contributed by atoms with Crippen LogP contribution in [0.15, 0.2) is 18.2 Å². The zero-order valence-electron chi connectivity index (χ0n) is 8.82. The normalized spacial score (nSPS) is 10.4. The summed E-state index contributed by atoms with van der Waals surface area (Å²) in [5, 5.41) is 0.451. The van der Waals surface area contributed by atoms with Crippen LogP contribution >= 0.6 is 0 Å². The highest BCUT2D eigenvalue weighted by Crippen LogP contribution is 2.23. The Labute approximate surface area is 91.1 Å². The van der Waals surface area contributed by atoms with Crippen molar-refractivity contribution in [1.82, 2.24) is 9.97 Å². The molecule has 0 spiro atoms. The van der Waals surface area contributed by atoms with Crippen molar-refractivity contribution < 1.29 is 13.9 Å². The van der Waals surface area contributed by atoms with Gasteiger partial charge in [-0.25, -0.2) is 9.37 Å². The molecule has 0 aliphatic carbocycles. The minimum absolute atomic E-state index is 0.0468. The summed E-state index contributed by atoms with van der Waals surface area (Å²) < 4.78 is 18.5. The first-order valence-electron chi connectivity index (χ1n) is 4.64. The predicted octanol–water partition coefficient (Wildman–Crippen LogP) is 1.98. The minimum Gasteiger partial charge on any atom is -0.480 e. The molecule has 0 saturated carbocycles. The van der Waals surface area contributed by atoms with Gasteiger partial charge in [0.15, 0.2) is 11.6 Å². The number of methoxy groups -OCH3 is 1. The number of aromatic nitrogens is 2. The van der Waals surface area contributed by atoms with Gasteiger partial charge in [0.25, 0.3) is 0 Å². The Morgan fingerprint density at radius 2 is 2.12 bits per heavy atom. The lowest BCUT2D eigenvalue weighted by molar-refractivity contribution is 0.100. The fourth-order valence-corrected chi connectivity index (χ4v) is 1.40. The molecule has 0 amide bonds. The molecule has 16 heavy (non-hydrogen) atoms. The van der Waals surface area contributed by atoms with Gasteiger partial charge < -0.3 is 4.74 Å². The van der Waals surface area contributed by atoms with Crippen LogP contribution in [-0.4, -0.2) is 22.9 Å². The lowest BCUT2D eigenvalue weighted by atomic mass is 10.2. The van der Waals surface area contributed by atoms with Crippen molar-refractivity contribution in [3.8, 4) is 5.88 Å². The zero-order valence-corrected chi connectivity index (χ0v) is 8.82. The molecule has 0 saturated heterocycles. The van der Waals surface area contributed by atoms with Crippen LogP contribution in [-0.2, 0) is 0 Å². The van der Waals surface area contributed by atoms with E-state index in [1.165, 1.54) is 26.2 Å². The summed E-state index contributed by atoms with van der Waals surface area (Å²) in [5.41, 5.74) is 0.0968. The second kappa shape index (κ2) is 3.84. The van der Waals surface area contributed by atoms with E-state index in [2.05, 4.69) is 9.97 Å². The smallest absolute Gasteiger partial charge is 0.224 e. The first-order chi connectivity index (χ1) is 7.63. The van der Waals surface area contributed by atoms with Crippen LogP contribution in [0.2, 0.25) is 0 Å². The number of ketones is 1. The number of Topliss-reactive ketones (excluding diaryl/α,β-unsaturated/α-hetero) is 1. The van der Waals surface area contributed by atoms with Crippen LogP contribution in [0.5, 0.6) is 5.88 Å². The molecule has 2 rings (SSSR count). The van der Waals surface area contributed by atoms with Crippen LogP contribution in [0.3, 0.4) is 0 Å². The molecular weight excluding hydrogens is 211 g/mol. The number of ether oxygens (including phenoxy) is 1. The van der Waals surface area contributed by atoms with Gasteiger partial charge in [-0.1, -0.05) is 6.07 Å². The van der Waals surface area contributed by atoms with Crippen molar-refractivity contribution in [2.24, 2.45) is 0 Å². The van der Waals surface area contributed by atoms with Crippen molar-refractivity contribution in [2.75, 3.05) is 7.11 Å². The van der Waals surface area contributed by atoms with E-state index in [4.69, 9.17) is 4.74 Å². The van der Waals surface area contributed by atoms with Crippen LogP contribution in [0.1, 0.15) is 17.5 Å². The SMILES string of the molecule is COc1nc(C(C)=O)nc2c(F)cccc12. The number of hydrogen-bond acceptors (Lipinski definition) is 4. The van der Waals surface area contributed by atoms with Crippen LogP contribution < -0.4 is 4.74 Å². The molecule has 5 heteroatoms. The summed E-state index contributed by atoms with van der Waals surface area (Å²) in [7, 11) is 1.41. The topological polar surface area (TPSA) is 52.1 Å². The molecule has 0 atom stereocenters. The van der Waals surface area contributed by atoms with E-state index in [0.29, 0.717) is 5.39 Å². The van der Waals surface area contributed by atoms with E-state index < -0.39 is 5.82 Å². The number of para-hydroxylation sites is 1. The average molecular weight is 220 g/mol. The Morgan fingerprint density at radius 3 is 2.75 bits per heavy atom. The zero-order chi connectivity index (χ0) is 11.7. The molecule has 2 aromatic rings. The largest absolute Gasteiger partial charge is 0.480 e. The predicted molar refractivity (Wildman–Crippen MR) is 56.1 cm³/mol. The van der Waals surface area contributed by atoms with Crippen molar-refractivity contribution in [3.63, 3.8) is 0 Å². The van der Waals surface area contributed by atoms with Gasteiger partial charge in [0.05, 0.1) is 12.5 Å². The van der Waals surface area contributed by atoms with Gasteiger partial charge in [0.2, 0.25) is 5.88 Å². The Bertz CT molecular complexity index is 569. The number of fused-ring (bicyclic) bond motifs is 1. The molecule has 0 aliphatic heterocycles. The summed E-state index contributed by atoms with van der Waals surface area (Å²) in [4.78, 5) is 18.9. The van der Waals surface area contributed by atoms with Crippen LogP contribution in [0.4, 0.5) is 4.39 Å². The summed E-state index contributed by atoms with van der Waals surface area (Å²) in [6.45, 7) is 1.32. The summed E-state index contributed by atoms with van der Waals surface area (Å²) in [6.07, 6.45) is 0. The van der Waals surface area contributed by atoms with Gasteiger partial charge >= 0.3 is 0 Å². The highest BCUT2D eigenvalue weighted by atomic mass is 19.1. The van der Waals surface area contributed by atoms with E-state index in [-0.39, 0.29) is 23.0 Å². The van der Waals surface area contributed by atoms with Crippen LogP contribution in [0, 0.1) is 5.82 Å². The number of nitrogens with zero attached hydrogens (tertiary/aromatic N) is 2. The number of carbonyl (C=O) groups excluding carboxylic acids is 1. The van der Waals surface area contributed by atoms with E-state index in [9.17, 15) is 9.18 Å². The maximum atomic E-state index is 13.5. The number of rotatable bonds is 2. The van der Waals surface area contributed by atoms with Gasteiger partial charge in [0.1, 0.15) is 11.3 Å². The molecule has 4 nitrogen and oxygen atoms in total. The quantitative estimate of drug-likeness (QED) is 0.726. The molecule has 0 bridgehead atoms. The molecule has 0 radical (unpaired) electrons. The third kappa shape index (κ3) is 1.60. The monoisotopic (exact) mass is 220 g/mol. The van der Waals surface area contributed by atoms with Gasteiger partial charge in [-0.05, 0) is 12.1 Å². The second-order valence-corrected chi connectivity index (χ2v) is 3.25. The molecule has 0 unspecified atom stereocenters.